The summed E-state index contributed by atoms with van der Waals surface area (Å²) in [7, 11) is 0.611. The molecule has 5 heteroatoms. The number of unbranched alkanes of at least 4 members (excludes halogenated alkanes) is 1. The average Bonchev–Trinajstić information content (AvgIpc) is 2.24. The van der Waals surface area contributed by atoms with Crippen molar-refractivity contribution in [2.24, 2.45) is 0 Å². The van der Waals surface area contributed by atoms with E-state index in [2.05, 4.69) is 0 Å². The van der Waals surface area contributed by atoms with E-state index in [1.165, 1.54) is 0 Å². The maximum atomic E-state index is 11.9. The highest BCUT2D eigenvalue weighted by atomic mass is 35.5. The molecule has 0 aromatic heterocycles. The Balaban J connectivity index is 2.53. The number of benzene rings is 1. The third kappa shape index (κ3) is 4.12. The third-order valence-corrected chi connectivity index (χ3v) is 4.06. The van der Waals surface area contributed by atoms with Crippen LogP contribution in [0.2, 0.25) is 5.02 Å². The first kappa shape index (κ1) is 13.5. The molecule has 0 aliphatic carbocycles. The highest BCUT2D eigenvalue weighted by Gasteiger charge is 2.08. The van der Waals surface area contributed by atoms with Crippen LogP contribution >= 0.6 is 11.6 Å². The fraction of sp³-hybridized carbons (Fsp3) is 0.455. The molecule has 0 heterocycles. The van der Waals surface area contributed by atoms with Crippen molar-refractivity contribution in [1.82, 2.24) is 0 Å². The Kier molecular flexibility index (Phi) is 5.80. The first-order valence-electron chi connectivity index (χ1n) is 5.07. The SMILES string of the molecule is COCCCCS(=O)c1ccc(N)cc1Cl. The van der Waals surface area contributed by atoms with Crippen LogP contribution in [0.5, 0.6) is 0 Å². The van der Waals surface area contributed by atoms with Crippen LogP contribution in [-0.4, -0.2) is 23.7 Å². The molecule has 1 aromatic carbocycles. The molecule has 1 aromatic rings. The lowest BCUT2D eigenvalue weighted by Gasteiger charge is -2.05. The van der Waals surface area contributed by atoms with Gasteiger partial charge in [0.25, 0.3) is 0 Å². The van der Waals surface area contributed by atoms with E-state index in [4.69, 9.17) is 22.1 Å². The van der Waals surface area contributed by atoms with Gasteiger partial charge in [0.05, 0.1) is 20.7 Å². The molecule has 16 heavy (non-hydrogen) atoms. The highest BCUT2D eigenvalue weighted by Crippen LogP contribution is 2.22. The number of rotatable bonds is 6. The third-order valence-electron chi connectivity index (χ3n) is 2.13. The molecule has 2 N–H and O–H groups in total. The van der Waals surface area contributed by atoms with Crippen molar-refractivity contribution in [3.8, 4) is 0 Å². The predicted octanol–water partition coefficient (Wildman–Crippen LogP) is 2.46. The van der Waals surface area contributed by atoms with Crippen molar-refractivity contribution < 1.29 is 8.95 Å². The first-order valence-corrected chi connectivity index (χ1v) is 6.77. The summed E-state index contributed by atoms with van der Waals surface area (Å²) < 4.78 is 16.8. The lowest BCUT2D eigenvalue weighted by molar-refractivity contribution is 0.194. The van der Waals surface area contributed by atoms with Crippen molar-refractivity contribution in [1.29, 1.82) is 0 Å². The summed E-state index contributed by atoms with van der Waals surface area (Å²) in [5.41, 5.74) is 6.16. The van der Waals surface area contributed by atoms with Crippen molar-refractivity contribution in [2.45, 2.75) is 17.7 Å². The van der Waals surface area contributed by atoms with Gasteiger partial charge in [0.1, 0.15) is 0 Å². The smallest absolute Gasteiger partial charge is 0.0587 e. The number of hydrogen-bond donors (Lipinski definition) is 1. The van der Waals surface area contributed by atoms with Crippen LogP contribution in [0.1, 0.15) is 12.8 Å². The number of hydrogen-bond acceptors (Lipinski definition) is 3. The van der Waals surface area contributed by atoms with Crippen LogP contribution in [0.4, 0.5) is 5.69 Å². The van der Waals surface area contributed by atoms with Crippen LogP contribution in [0.15, 0.2) is 23.1 Å². The average molecular weight is 262 g/mol. The van der Waals surface area contributed by atoms with Gasteiger partial charge in [-0.1, -0.05) is 11.6 Å². The van der Waals surface area contributed by atoms with Gasteiger partial charge in [0.2, 0.25) is 0 Å². The molecule has 0 saturated carbocycles. The van der Waals surface area contributed by atoms with Gasteiger partial charge in [-0.2, -0.15) is 0 Å². The molecule has 0 aliphatic heterocycles. The number of ether oxygens (including phenoxy) is 1. The number of halogens is 1. The highest BCUT2D eigenvalue weighted by molar-refractivity contribution is 7.85. The summed E-state index contributed by atoms with van der Waals surface area (Å²) in [6, 6.07) is 5.07. The minimum absolute atomic E-state index is 0.477. The number of nitrogen functional groups attached to an aromatic ring is 1. The summed E-state index contributed by atoms with van der Waals surface area (Å²) in [5, 5.41) is 0.477. The first-order chi connectivity index (χ1) is 7.65. The molecule has 0 spiro atoms. The number of anilines is 1. The summed E-state index contributed by atoms with van der Waals surface area (Å²) in [6.45, 7) is 0.701. The Labute approximate surface area is 103 Å². The van der Waals surface area contributed by atoms with Crippen molar-refractivity contribution in [3.63, 3.8) is 0 Å². The zero-order valence-corrected chi connectivity index (χ0v) is 10.8. The van der Waals surface area contributed by atoms with Gasteiger partial charge in [-0.25, -0.2) is 0 Å². The lowest BCUT2D eigenvalue weighted by Crippen LogP contribution is -2.01. The Morgan fingerprint density at radius 3 is 2.81 bits per heavy atom. The van der Waals surface area contributed by atoms with E-state index in [0.29, 0.717) is 28.0 Å². The van der Waals surface area contributed by atoms with Crippen LogP contribution in [-0.2, 0) is 15.5 Å². The second kappa shape index (κ2) is 6.89. The lowest BCUT2D eigenvalue weighted by atomic mass is 10.3. The zero-order valence-electron chi connectivity index (χ0n) is 9.24. The molecular weight excluding hydrogens is 246 g/mol. The van der Waals surface area contributed by atoms with E-state index in [0.717, 1.165) is 12.8 Å². The molecule has 1 unspecified atom stereocenters. The van der Waals surface area contributed by atoms with Crippen molar-refractivity contribution in [2.75, 3.05) is 25.2 Å². The van der Waals surface area contributed by atoms with E-state index in [1.807, 2.05) is 0 Å². The molecule has 0 fully saturated rings. The second-order valence-electron chi connectivity index (χ2n) is 3.44. The maximum absolute atomic E-state index is 11.9. The van der Waals surface area contributed by atoms with Crippen molar-refractivity contribution in [3.05, 3.63) is 23.2 Å². The molecule has 1 rings (SSSR count). The Bertz CT molecular complexity index is 371. The van der Waals surface area contributed by atoms with E-state index < -0.39 is 10.8 Å². The van der Waals surface area contributed by atoms with Gasteiger partial charge in [0.15, 0.2) is 0 Å². The van der Waals surface area contributed by atoms with Crippen LogP contribution in [0.3, 0.4) is 0 Å². The fourth-order valence-electron chi connectivity index (χ4n) is 1.29. The van der Waals surface area contributed by atoms with Crippen LogP contribution < -0.4 is 5.73 Å². The summed E-state index contributed by atoms with van der Waals surface area (Å²) >= 11 is 5.97. The monoisotopic (exact) mass is 261 g/mol. The van der Waals surface area contributed by atoms with E-state index in [9.17, 15) is 4.21 Å². The largest absolute Gasteiger partial charge is 0.399 e. The molecule has 0 bridgehead atoms. The summed E-state index contributed by atoms with van der Waals surface area (Å²) in [6.07, 6.45) is 1.77. The maximum Gasteiger partial charge on any atom is 0.0587 e. The van der Waals surface area contributed by atoms with Crippen molar-refractivity contribution >= 4 is 28.1 Å². The second-order valence-corrected chi connectivity index (χ2v) is 5.39. The topological polar surface area (TPSA) is 52.3 Å². The zero-order chi connectivity index (χ0) is 12.0. The Hall–Kier alpha value is -0.580. The molecule has 1 atom stereocenters. The molecule has 90 valence electrons. The van der Waals surface area contributed by atoms with Gasteiger partial charge in [-0.05, 0) is 31.0 Å². The van der Waals surface area contributed by atoms with E-state index in [1.54, 1.807) is 25.3 Å². The summed E-state index contributed by atoms with van der Waals surface area (Å²) in [5.74, 6) is 0.604. The molecule has 0 amide bonds. The number of methoxy groups -OCH3 is 1. The molecule has 0 saturated heterocycles. The standard InChI is InChI=1S/C11H16ClNO2S/c1-15-6-2-3-7-16(14)11-5-4-9(13)8-10(11)12/h4-5,8H,2-3,6-7,13H2,1H3. The molecule has 0 radical (unpaired) electrons. The molecule has 3 nitrogen and oxygen atoms in total. The fourth-order valence-corrected chi connectivity index (χ4v) is 2.92. The van der Waals surface area contributed by atoms with E-state index >= 15 is 0 Å². The van der Waals surface area contributed by atoms with E-state index in [-0.39, 0.29) is 0 Å². The van der Waals surface area contributed by atoms with Crippen LogP contribution in [0, 0.1) is 0 Å². The molecule has 0 aliphatic rings. The Morgan fingerprint density at radius 2 is 2.19 bits per heavy atom. The van der Waals surface area contributed by atoms with Crippen LogP contribution in [0.25, 0.3) is 0 Å². The molecular formula is C11H16ClNO2S. The van der Waals surface area contributed by atoms with Gasteiger partial charge in [-0.15, -0.1) is 0 Å². The van der Waals surface area contributed by atoms with Gasteiger partial charge >= 0.3 is 0 Å². The predicted molar refractivity (Wildman–Crippen MR) is 68.2 cm³/mol. The minimum Gasteiger partial charge on any atom is -0.399 e. The minimum atomic E-state index is -1.05. The summed E-state index contributed by atoms with van der Waals surface area (Å²) in [4.78, 5) is 0.660. The quantitative estimate of drug-likeness (QED) is 0.632. The van der Waals surface area contributed by atoms with Gasteiger partial charge in [-0.3, -0.25) is 4.21 Å². The van der Waals surface area contributed by atoms with Gasteiger partial charge in [0, 0.05) is 25.2 Å². The normalized spacial score (nSPS) is 12.6. The number of nitrogens with two attached hydrogens (primary N) is 1. The van der Waals surface area contributed by atoms with Gasteiger partial charge < -0.3 is 10.5 Å². The Morgan fingerprint density at radius 1 is 1.44 bits per heavy atom.